The zero-order chi connectivity index (χ0) is 27.1. The van der Waals surface area contributed by atoms with Gasteiger partial charge in [0.15, 0.2) is 0 Å². The minimum atomic E-state index is -4.53. The number of esters is 1. The highest BCUT2D eigenvalue weighted by Crippen LogP contribution is 2.37. The van der Waals surface area contributed by atoms with E-state index in [4.69, 9.17) is 27.9 Å². The van der Waals surface area contributed by atoms with Crippen LogP contribution in [0.5, 0.6) is 0 Å². The van der Waals surface area contributed by atoms with E-state index < -0.39 is 11.9 Å². The van der Waals surface area contributed by atoms with E-state index in [0.717, 1.165) is 43.3 Å². The predicted molar refractivity (Wildman–Crippen MR) is 140 cm³/mol. The molecule has 1 aliphatic rings. The summed E-state index contributed by atoms with van der Waals surface area (Å²) in [6.07, 6.45) is -0.645. The Morgan fingerprint density at radius 1 is 1.22 bits per heavy atom. The number of hydrogen-bond donors (Lipinski definition) is 0. The molecule has 1 fully saturated rings. The molecule has 198 valence electrons. The van der Waals surface area contributed by atoms with E-state index >= 15 is 0 Å². The van der Waals surface area contributed by atoms with Gasteiger partial charge in [-0.3, -0.25) is 4.79 Å². The summed E-state index contributed by atoms with van der Waals surface area (Å²) in [6.45, 7) is 9.35. The molecule has 4 rings (SSSR count). The molecule has 2 aromatic heterocycles. The van der Waals surface area contributed by atoms with E-state index in [1.807, 2.05) is 10.6 Å². The van der Waals surface area contributed by atoms with Gasteiger partial charge in [-0.15, -0.1) is 0 Å². The number of nitrogens with zero attached hydrogens (tertiary/aromatic N) is 3. The highest BCUT2D eigenvalue weighted by atomic mass is 35.5. The Balaban J connectivity index is 1.61. The molecule has 0 bridgehead atoms. The third kappa shape index (κ3) is 5.60. The minimum absolute atomic E-state index is 0.199. The smallest absolute Gasteiger partial charge is 0.433 e. The second-order valence-electron chi connectivity index (χ2n) is 9.47. The fourth-order valence-corrected chi connectivity index (χ4v) is 5.60. The zero-order valence-electron chi connectivity index (χ0n) is 20.9. The van der Waals surface area contributed by atoms with E-state index in [1.54, 1.807) is 26.1 Å². The van der Waals surface area contributed by atoms with Gasteiger partial charge in [0.25, 0.3) is 0 Å². The van der Waals surface area contributed by atoms with Crippen molar-refractivity contribution in [2.45, 2.75) is 45.8 Å². The highest BCUT2D eigenvalue weighted by Gasteiger charge is 2.34. The molecule has 0 saturated carbocycles. The topological polar surface area (TPSA) is 47.4 Å². The molecular weight excluding hydrogens is 526 g/mol. The third-order valence-corrected chi connectivity index (χ3v) is 7.81. The molecule has 3 aromatic rings. The number of fused-ring (bicyclic) bond motifs is 1. The summed E-state index contributed by atoms with van der Waals surface area (Å²) in [5, 5.41) is 1.39. The lowest BCUT2D eigenvalue weighted by Crippen LogP contribution is -2.33. The van der Waals surface area contributed by atoms with Crippen LogP contribution in [0.2, 0.25) is 10.0 Å². The summed E-state index contributed by atoms with van der Waals surface area (Å²) < 4.78 is 46.6. The van der Waals surface area contributed by atoms with E-state index in [2.05, 4.69) is 16.5 Å². The summed E-state index contributed by atoms with van der Waals surface area (Å²) in [4.78, 5) is 17.6. The largest absolute Gasteiger partial charge is 0.469 e. The highest BCUT2D eigenvalue weighted by molar-refractivity contribution is 6.37. The van der Waals surface area contributed by atoms with Gasteiger partial charge in [-0.1, -0.05) is 29.8 Å². The van der Waals surface area contributed by atoms with Crippen molar-refractivity contribution < 1.29 is 22.7 Å². The van der Waals surface area contributed by atoms with Crippen LogP contribution < -0.4 is 0 Å². The molecule has 1 aromatic carbocycles. The normalized spacial score (nSPS) is 14.9. The summed E-state index contributed by atoms with van der Waals surface area (Å²) in [7, 11) is 1.40. The summed E-state index contributed by atoms with van der Waals surface area (Å²) in [5.74, 6) is 0.0724. The van der Waals surface area contributed by atoms with Crippen LogP contribution in [-0.4, -0.2) is 40.6 Å². The van der Waals surface area contributed by atoms with Gasteiger partial charge in [-0.05, 0) is 56.4 Å². The molecular formula is C27H28Cl2F3N3O2. The molecule has 0 amide bonds. The van der Waals surface area contributed by atoms with Crippen molar-refractivity contribution in [3.8, 4) is 0 Å². The standard InChI is InChI=1S/C27H28Cl2F3N3O2/c1-15-13-35(26-16(2)33-23(12-20(15)26)27(30,31)32)14-21-22(28)6-5-19(25(21)29)17(3)34-9-7-18(8-10-34)11-24(36)37-4/h5-6,12-13,18H,3,7-11,14H2,1-2,4H3. The van der Waals surface area contributed by atoms with Gasteiger partial charge in [0, 0.05) is 52.9 Å². The van der Waals surface area contributed by atoms with Crippen LogP contribution in [0, 0.1) is 19.8 Å². The Morgan fingerprint density at radius 3 is 2.51 bits per heavy atom. The Morgan fingerprint density at radius 2 is 1.89 bits per heavy atom. The van der Waals surface area contributed by atoms with Crippen molar-refractivity contribution in [3.05, 3.63) is 69.1 Å². The molecule has 1 saturated heterocycles. The summed E-state index contributed by atoms with van der Waals surface area (Å²) in [6, 6.07) is 4.68. The van der Waals surface area contributed by atoms with Crippen molar-refractivity contribution >= 4 is 45.8 Å². The number of halogens is 5. The third-order valence-electron chi connectivity index (χ3n) is 7.02. The maximum absolute atomic E-state index is 13.3. The number of alkyl halides is 3. The molecule has 0 radical (unpaired) electrons. The molecule has 0 unspecified atom stereocenters. The van der Waals surface area contributed by atoms with Crippen LogP contribution in [0.25, 0.3) is 16.6 Å². The van der Waals surface area contributed by atoms with Crippen LogP contribution in [0.3, 0.4) is 0 Å². The fourth-order valence-electron chi connectivity index (χ4n) is 5.00. The molecule has 3 heterocycles. The molecule has 0 N–H and O–H groups in total. The fraction of sp³-hybridized carbons (Fsp3) is 0.407. The van der Waals surface area contributed by atoms with Crippen LogP contribution in [0.15, 0.2) is 31.0 Å². The Kier molecular flexibility index (Phi) is 7.81. The van der Waals surface area contributed by atoms with Gasteiger partial charge in [-0.25, -0.2) is 4.98 Å². The van der Waals surface area contributed by atoms with E-state index in [1.165, 1.54) is 7.11 Å². The molecule has 0 aliphatic carbocycles. The monoisotopic (exact) mass is 553 g/mol. The van der Waals surface area contributed by atoms with Crippen molar-refractivity contribution in [1.82, 2.24) is 14.5 Å². The van der Waals surface area contributed by atoms with Crippen molar-refractivity contribution in [1.29, 1.82) is 0 Å². The second-order valence-corrected chi connectivity index (χ2v) is 10.3. The number of methoxy groups -OCH3 is 1. The average Bonchev–Trinajstić information content (AvgIpc) is 3.17. The van der Waals surface area contributed by atoms with Gasteiger partial charge >= 0.3 is 12.1 Å². The first-order valence-electron chi connectivity index (χ1n) is 11.9. The second kappa shape index (κ2) is 10.6. The number of rotatable bonds is 6. The maximum Gasteiger partial charge on any atom is 0.433 e. The number of aryl methyl sites for hydroxylation is 2. The first-order valence-corrected chi connectivity index (χ1v) is 12.7. The Labute approximate surface area is 223 Å². The lowest BCUT2D eigenvalue weighted by molar-refractivity contribution is -0.142. The first-order chi connectivity index (χ1) is 17.4. The molecule has 37 heavy (non-hydrogen) atoms. The number of benzene rings is 1. The lowest BCUT2D eigenvalue weighted by Gasteiger charge is -2.35. The number of piperidine rings is 1. The van der Waals surface area contributed by atoms with Crippen molar-refractivity contribution in [3.63, 3.8) is 0 Å². The summed E-state index contributed by atoms with van der Waals surface area (Å²) >= 11 is 13.4. The molecule has 0 spiro atoms. The Bertz CT molecular complexity index is 1360. The number of carbonyl (C=O) groups excluding carboxylic acids is 1. The number of aromatic nitrogens is 2. The number of hydrogen-bond acceptors (Lipinski definition) is 4. The van der Waals surface area contributed by atoms with Gasteiger partial charge in [0.05, 0.1) is 29.9 Å². The van der Waals surface area contributed by atoms with E-state index in [9.17, 15) is 18.0 Å². The zero-order valence-corrected chi connectivity index (χ0v) is 22.4. The minimum Gasteiger partial charge on any atom is -0.469 e. The number of pyridine rings is 1. The lowest BCUT2D eigenvalue weighted by atomic mass is 9.93. The molecule has 10 heteroatoms. The van der Waals surface area contributed by atoms with Crippen LogP contribution in [0.4, 0.5) is 13.2 Å². The van der Waals surface area contributed by atoms with Gasteiger partial charge in [-0.2, -0.15) is 13.2 Å². The van der Waals surface area contributed by atoms with Crippen LogP contribution in [0.1, 0.15) is 47.3 Å². The first kappa shape index (κ1) is 27.3. The van der Waals surface area contributed by atoms with Gasteiger partial charge in [0.2, 0.25) is 0 Å². The van der Waals surface area contributed by atoms with Crippen molar-refractivity contribution in [2.24, 2.45) is 5.92 Å². The average molecular weight is 554 g/mol. The van der Waals surface area contributed by atoms with Crippen molar-refractivity contribution in [2.75, 3.05) is 20.2 Å². The quantitative estimate of drug-likeness (QED) is 0.301. The molecule has 1 aliphatic heterocycles. The van der Waals surface area contributed by atoms with Crippen LogP contribution >= 0.6 is 23.2 Å². The van der Waals surface area contributed by atoms with Gasteiger partial charge < -0.3 is 14.2 Å². The van der Waals surface area contributed by atoms with Crippen LogP contribution in [-0.2, 0) is 22.3 Å². The SMILES string of the molecule is C=C(c1ccc(Cl)c(Cn2cc(C)c3cc(C(F)(F)F)nc(C)c32)c1Cl)N1CCC(CC(=O)OC)CC1. The summed E-state index contributed by atoms with van der Waals surface area (Å²) in [5.41, 5.74) is 2.83. The number of ether oxygens (including phenoxy) is 1. The predicted octanol–water partition coefficient (Wildman–Crippen LogP) is 7.27. The van der Waals surface area contributed by atoms with E-state index in [-0.39, 0.29) is 24.1 Å². The molecule has 0 atom stereocenters. The maximum atomic E-state index is 13.3. The number of likely N-dealkylation sites (tertiary alicyclic amines) is 1. The van der Waals surface area contributed by atoms with E-state index in [0.29, 0.717) is 38.5 Å². The molecule has 5 nitrogen and oxygen atoms in total. The Hall–Kier alpha value is -2.71. The van der Waals surface area contributed by atoms with Gasteiger partial charge in [0.1, 0.15) is 5.69 Å². The number of carbonyl (C=O) groups is 1.